The van der Waals surface area contributed by atoms with Crippen LogP contribution in [0, 0.1) is 11.3 Å². The van der Waals surface area contributed by atoms with Crippen molar-refractivity contribution in [2.24, 2.45) is 11.3 Å². The van der Waals surface area contributed by atoms with E-state index in [2.05, 4.69) is 13.0 Å². The van der Waals surface area contributed by atoms with E-state index in [1.807, 2.05) is 6.92 Å². The Kier molecular flexibility index (Phi) is 1.85. The fourth-order valence-corrected chi connectivity index (χ4v) is 3.41. The molecule has 0 spiro atoms. The molecule has 2 atom stereocenters. The van der Waals surface area contributed by atoms with E-state index in [0.29, 0.717) is 0 Å². The number of carbonyl (C=O) groups is 1. The van der Waals surface area contributed by atoms with E-state index in [1.165, 1.54) is 5.57 Å². The van der Waals surface area contributed by atoms with Crippen LogP contribution in [-0.4, -0.2) is 10.1 Å². The van der Waals surface area contributed by atoms with Gasteiger partial charge < -0.3 is 0 Å². The van der Waals surface area contributed by atoms with Gasteiger partial charge >= 0.3 is 0 Å². The number of Topliss-reactive ketones (excluding diaryl/α,β-unsaturated/α-hetero) is 1. The average molecular weight is 219 g/mol. The van der Waals surface area contributed by atoms with Gasteiger partial charge in [0.2, 0.25) is 0 Å². The average Bonchev–Trinajstić information content (AvgIpc) is 2.08. The van der Waals surface area contributed by atoms with Crippen molar-refractivity contribution < 1.29 is 4.79 Å². The zero-order valence-electron chi connectivity index (χ0n) is 7.73. The molecule has 0 aromatic carbocycles. The largest absolute Gasteiger partial charge is 0.296 e. The minimum absolute atomic E-state index is 0.00270. The van der Waals surface area contributed by atoms with E-state index in [1.54, 1.807) is 0 Å². The number of rotatable bonds is 0. The van der Waals surface area contributed by atoms with Gasteiger partial charge in [-0.2, -0.15) is 0 Å². The van der Waals surface area contributed by atoms with E-state index < -0.39 is 4.33 Å². The van der Waals surface area contributed by atoms with Gasteiger partial charge in [-0.15, -0.1) is 0 Å². The molecule has 72 valence electrons. The van der Waals surface area contributed by atoms with Crippen LogP contribution in [0.1, 0.15) is 26.7 Å². The Morgan fingerprint density at radius 3 is 2.77 bits per heavy atom. The maximum atomic E-state index is 11.7. The third-order valence-corrected chi connectivity index (χ3v) is 4.20. The van der Waals surface area contributed by atoms with Crippen molar-refractivity contribution in [1.82, 2.24) is 0 Å². The van der Waals surface area contributed by atoms with Crippen LogP contribution in [0.4, 0.5) is 0 Å². The van der Waals surface area contributed by atoms with E-state index in [0.717, 1.165) is 12.8 Å². The molecule has 3 heteroatoms. The summed E-state index contributed by atoms with van der Waals surface area (Å²) in [6, 6.07) is 0. The van der Waals surface area contributed by atoms with Gasteiger partial charge in [-0.3, -0.25) is 4.79 Å². The third kappa shape index (κ3) is 1.04. The molecular formula is C10H12Cl2O. The fourth-order valence-electron chi connectivity index (χ4n) is 2.37. The summed E-state index contributed by atoms with van der Waals surface area (Å²) in [6.45, 7) is 4.03. The summed E-state index contributed by atoms with van der Waals surface area (Å²) < 4.78 is -1.16. The van der Waals surface area contributed by atoms with Gasteiger partial charge in [-0.05, 0) is 19.8 Å². The smallest absolute Gasteiger partial charge is 0.183 e. The Hall–Kier alpha value is -0.0100. The molecule has 13 heavy (non-hydrogen) atoms. The Balaban J connectivity index is 2.39. The van der Waals surface area contributed by atoms with E-state index in [-0.39, 0.29) is 17.1 Å². The van der Waals surface area contributed by atoms with Crippen LogP contribution < -0.4 is 0 Å². The topological polar surface area (TPSA) is 17.1 Å². The van der Waals surface area contributed by atoms with Crippen LogP contribution in [0.15, 0.2) is 11.6 Å². The quantitative estimate of drug-likeness (QED) is 0.452. The summed E-state index contributed by atoms with van der Waals surface area (Å²) in [7, 11) is 0. The van der Waals surface area contributed by atoms with Crippen LogP contribution in [-0.2, 0) is 4.79 Å². The summed E-state index contributed by atoms with van der Waals surface area (Å²) >= 11 is 11.9. The number of hydrogen-bond donors (Lipinski definition) is 0. The molecule has 1 saturated carbocycles. The fraction of sp³-hybridized carbons (Fsp3) is 0.700. The number of allylic oxidation sites excluding steroid dienone is 2. The molecule has 2 rings (SSSR count). The lowest BCUT2D eigenvalue weighted by atomic mass is 9.54. The highest BCUT2D eigenvalue weighted by Crippen LogP contribution is 2.61. The van der Waals surface area contributed by atoms with Crippen LogP contribution in [0.5, 0.6) is 0 Å². The Morgan fingerprint density at radius 1 is 1.54 bits per heavy atom. The van der Waals surface area contributed by atoms with Gasteiger partial charge in [0, 0.05) is 11.3 Å². The molecule has 2 aliphatic carbocycles. The maximum Gasteiger partial charge on any atom is 0.183 e. The Labute approximate surface area is 88.1 Å². The van der Waals surface area contributed by atoms with Gasteiger partial charge in [-0.1, -0.05) is 41.8 Å². The van der Waals surface area contributed by atoms with Crippen LogP contribution in [0.25, 0.3) is 0 Å². The Bertz CT molecular complexity index is 306. The van der Waals surface area contributed by atoms with Gasteiger partial charge in [0.1, 0.15) is 0 Å². The molecule has 1 nitrogen and oxygen atoms in total. The minimum atomic E-state index is -1.16. The first-order chi connectivity index (χ1) is 5.89. The van der Waals surface area contributed by atoms with Crippen molar-refractivity contribution in [3.8, 4) is 0 Å². The van der Waals surface area contributed by atoms with E-state index in [9.17, 15) is 4.79 Å². The first kappa shape index (κ1) is 9.54. The predicted molar refractivity (Wildman–Crippen MR) is 54.0 cm³/mol. The zero-order valence-corrected chi connectivity index (χ0v) is 9.24. The second kappa shape index (κ2) is 2.52. The molecule has 1 fully saturated rings. The lowest BCUT2D eigenvalue weighted by Gasteiger charge is -2.54. The zero-order chi connectivity index (χ0) is 9.85. The number of ketones is 1. The normalized spacial score (nSPS) is 42.0. The number of hydrogen-bond acceptors (Lipinski definition) is 1. The van der Waals surface area contributed by atoms with Gasteiger partial charge in [-0.25, -0.2) is 0 Å². The van der Waals surface area contributed by atoms with Crippen molar-refractivity contribution in [2.45, 2.75) is 31.0 Å². The number of alkyl halides is 2. The van der Waals surface area contributed by atoms with Crippen molar-refractivity contribution in [3.63, 3.8) is 0 Å². The summed E-state index contributed by atoms with van der Waals surface area (Å²) in [5.74, 6) is 0.0154. The summed E-state index contributed by atoms with van der Waals surface area (Å²) in [5, 5.41) is 0. The molecule has 0 bridgehead atoms. The highest BCUT2D eigenvalue weighted by Gasteiger charge is 2.67. The molecule has 0 amide bonds. The number of halogens is 2. The molecular weight excluding hydrogens is 207 g/mol. The third-order valence-electron chi connectivity index (χ3n) is 3.39. The standard InChI is InChI=1S/C10H12Cl2O/c1-6-3-4-9(2)7(5-6)10(11,12)8(9)13/h5,7H,3-4H2,1-2H3/t7-,9+/m1/s1. The van der Waals surface area contributed by atoms with Crippen molar-refractivity contribution in [1.29, 1.82) is 0 Å². The van der Waals surface area contributed by atoms with E-state index in [4.69, 9.17) is 23.2 Å². The molecule has 0 unspecified atom stereocenters. The van der Waals surface area contributed by atoms with Crippen molar-refractivity contribution in [3.05, 3.63) is 11.6 Å². The maximum absolute atomic E-state index is 11.7. The highest BCUT2D eigenvalue weighted by atomic mass is 35.5. The minimum Gasteiger partial charge on any atom is -0.296 e. The molecule has 0 heterocycles. The number of fused-ring (bicyclic) bond motifs is 1. The van der Waals surface area contributed by atoms with Crippen molar-refractivity contribution in [2.75, 3.05) is 0 Å². The SMILES string of the molecule is CC1=C[C@H]2C(Cl)(Cl)C(=O)[C@@]2(C)CC1. The molecule has 0 aromatic heterocycles. The van der Waals surface area contributed by atoms with Crippen LogP contribution >= 0.6 is 23.2 Å². The molecule has 0 N–H and O–H groups in total. The lowest BCUT2D eigenvalue weighted by Crippen LogP contribution is -2.63. The predicted octanol–water partition coefficient (Wildman–Crippen LogP) is 3.11. The Morgan fingerprint density at radius 2 is 2.15 bits per heavy atom. The molecule has 0 aliphatic heterocycles. The molecule has 0 radical (unpaired) electrons. The molecule has 0 saturated heterocycles. The summed E-state index contributed by atoms with van der Waals surface area (Å²) in [4.78, 5) is 11.7. The van der Waals surface area contributed by atoms with Crippen LogP contribution in [0.3, 0.4) is 0 Å². The summed E-state index contributed by atoms with van der Waals surface area (Å²) in [5.41, 5.74) is 1.00. The monoisotopic (exact) mass is 218 g/mol. The van der Waals surface area contributed by atoms with Crippen LogP contribution in [0.2, 0.25) is 0 Å². The molecule has 0 aromatic rings. The molecule has 2 aliphatic rings. The number of carbonyl (C=O) groups excluding carboxylic acids is 1. The second-order valence-electron chi connectivity index (χ2n) is 4.36. The van der Waals surface area contributed by atoms with Crippen molar-refractivity contribution >= 4 is 29.0 Å². The van der Waals surface area contributed by atoms with Gasteiger partial charge in [0.15, 0.2) is 10.1 Å². The lowest BCUT2D eigenvalue weighted by molar-refractivity contribution is -0.144. The van der Waals surface area contributed by atoms with Gasteiger partial charge in [0.05, 0.1) is 0 Å². The highest BCUT2D eigenvalue weighted by molar-refractivity contribution is 6.61. The summed E-state index contributed by atoms with van der Waals surface area (Å²) in [6.07, 6.45) is 3.94. The second-order valence-corrected chi connectivity index (χ2v) is 5.75. The van der Waals surface area contributed by atoms with Gasteiger partial charge in [0.25, 0.3) is 0 Å². The first-order valence-corrected chi connectivity index (χ1v) is 5.24. The van der Waals surface area contributed by atoms with E-state index >= 15 is 0 Å². The first-order valence-electron chi connectivity index (χ1n) is 4.49.